The maximum atomic E-state index is 13.7. The summed E-state index contributed by atoms with van der Waals surface area (Å²) < 4.78 is 24.4. The van der Waals surface area contributed by atoms with Crippen LogP contribution >= 0.6 is 0 Å². The smallest absolute Gasteiger partial charge is 0.236 e. The summed E-state index contributed by atoms with van der Waals surface area (Å²) in [6, 6.07) is 13.9. The molecular weight excluding hydrogens is 347 g/mol. The molecule has 1 saturated carbocycles. The Morgan fingerprint density at radius 3 is 2.74 bits per heavy atom. The minimum absolute atomic E-state index is 0.198. The van der Waals surface area contributed by atoms with Crippen molar-refractivity contribution in [1.29, 1.82) is 0 Å². The number of aromatic nitrogens is 1. The van der Waals surface area contributed by atoms with Gasteiger partial charge in [0.15, 0.2) is 5.76 Å². The molecule has 27 heavy (non-hydrogen) atoms. The summed E-state index contributed by atoms with van der Waals surface area (Å²) in [6.07, 6.45) is 1.36. The second-order valence-corrected chi connectivity index (χ2v) is 6.81. The molecule has 0 bridgehead atoms. The molecule has 0 spiro atoms. The van der Waals surface area contributed by atoms with Gasteiger partial charge in [0.05, 0.1) is 18.2 Å². The average Bonchev–Trinajstić information content (AvgIpc) is 3.34. The van der Waals surface area contributed by atoms with E-state index in [1.54, 1.807) is 32.2 Å². The molecule has 3 aromatic rings. The van der Waals surface area contributed by atoms with Gasteiger partial charge in [0.1, 0.15) is 11.6 Å². The van der Waals surface area contributed by atoms with Gasteiger partial charge in [-0.05, 0) is 49.6 Å². The molecule has 0 radical (unpaired) electrons. The van der Waals surface area contributed by atoms with E-state index in [1.807, 2.05) is 24.3 Å². The number of aryl methyl sites for hydroxylation is 1. The number of carbonyl (C=O) groups excluding carboxylic acids is 1. The Labute approximate surface area is 156 Å². The van der Waals surface area contributed by atoms with E-state index < -0.39 is 5.41 Å². The molecule has 0 aliphatic heterocycles. The fourth-order valence-corrected chi connectivity index (χ4v) is 3.06. The maximum Gasteiger partial charge on any atom is 0.236 e. The van der Waals surface area contributed by atoms with Crippen molar-refractivity contribution >= 4 is 11.6 Å². The SMILES string of the molecule is COc1cccc(-c2cc(C3(C(=O)Nc4ccc(C)c(F)c4)CC3)no2)c1. The summed E-state index contributed by atoms with van der Waals surface area (Å²) in [4.78, 5) is 12.8. The predicted molar refractivity (Wildman–Crippen MR) is 99.2 cm³/mol. The molecule has 138 valence electrons. The number of nitrogens with zero attached hydrogens (tertiary/aromatic N) is 1. The van der Waals surface area contributed by atoms with Gasteiger partial charge in [0.25, 0.3) is 0 Å². The fraction of sp³-hybridized carbons (Fsp3) is 0.238. The zero-order valence-electron chi connectivity index (χ0n) is 15.1. The van der Waals surface area contributed by atoms with Crippen LogP contribution in [0.15, 0.2) is 53.1 Å². The van der Waals surface area contributed by atoms with Crippen LogP contribution in [0, 0.1) is 12.7 Å². The minimum Gasteiger partial charge on any atom is -0.497 e. The molecule has 4 rings (SSSR count). The Bertz CT molecular complexity index is 1010. The topological polar surface area (TPSA) is 64.4 Å². The van der Waals surface area contributed by atoms with Gasteiger partial charge >= 0.3 is 0 Å². The largest absolute Gasteiger partial charge is 0.497 e. The normalized spacial score (nSPS) is 14.6. The third-order valence-corrected chi connectivity index (χ3v) is 4.97. The van der Waals surface area contributed by atoms with E-state index in [-0.39, 0.29) is 11.7 Å². The lowest BCUT2D eigenvalue weighted by atomic mass is 10.00. The first-order chi connectivity index (χ1) is 13.0. The molecular formula is C21H19FN2O3. The summed E-state index contributed by atoms with van der Waals surface area (Å²) in [5.74, 6) is 0.741. The number of ether oxygens (including phenoxy) is 1. The summed E-state index contributed by atoms with van der Waals surface area (Å²) in [6.45, 7) is 1.68. The van der Waals surface area contributed by atoms with E-state index in [0.717, 1.165) is 5.56 Å². The van der Waals surface area contributed by atoms with E-state index in [4.69, 9.17) is 9.26 Å². The number of hydrogen-bond acceptors (Lipinski definition) is 4. The number of carbonyl (C=O) groups is 1. The average molecular weight is 366 g/mol. The molecule has 1 aliphatic carbocycles. The maximum absolute atomic E-state index is 13.7. The van der Waals surface area contributed by atoms with Gasteiger partial charge in [0, 0.05) is 17.3 Å². The highest BCUT2D eigenvalue weighted by molar-refractivity contribution is 6.01. The fourth-order valence-electron chi connectivity index (χ4n) is 3.06. The molecule has 1 fully saturated rings. The van der Waals surface area contributed by atoms with Crippen molar-refractivity contribution in [2.24, 2.45) is 0 Å². The van der Waals surface area contributed by atoms with Crippen LogP contribution in [0.2, 0.25) is 0 Å². The Morgan fingerprint density at radius 1 is 1.22 bits per heavy atom. The van der Waals surface area contributed by atoms with E-state index >= 15 is 0 Å². The molecule has 2 aromatic carbocycles. The number of hydrogen-bond donors (Lipinski definition) is 1. The van der Waals surface area contributed by atoms with Gasteiger partial charge in [-0.2, -0.15) is 0 Å². The van der Waals surface area contributed by atoms with Gasteiger partial charge in [0.2, 0.25) is 5.91 Å². The monoisotopic (exact) mass is 366 g/mol. The van der Waals surface area contributed by atoms with Crippen LogP contribution in [0.1, 0.15) is 24.1 Å². The zero-order chi connectivity index (χ0) is 19.0. The predicted octanol–water partition coefficient (Wildman–Crippen LogP) is 4.47. The first-order valence-electron chi connectivity index (χ1n) is 8.71. The molecule has 0 atom stereocenters. The van der Waals surface area contributed by atoms with Crippen LogP contribution < -0.4 is 10.1 Å². The Hall–Kier alpha value is -3.15. The molecule has 1 amide bonds. The third kappa shape index (κ3) is 3.18. The van der Waals surface area contributed by atoms with Crippen molar-refractivity contribution < 1.29 is 18.4 Å². The molecule has 5 nitrogen and oxygen atoms in total. The van der Waals surface area contributed by atoms with Crippen LogP contribution in [0.25, 0.3) is 11.3 Å². The van der Waals surface area contributed by atoms with Crippen molar-refractivity contribution in [1.82, 2.24) is 5.16 Å². The van der Waals surface area contributed by atoms with Crippen molar-refractivity contribution in [2.75, 3.05) is 12.4 Å². The highest BCUT2D eigenvalue weighted by atomic mass is 19.1. The Balaban J connectivity index is 1.56. The number of amides is 1. The lowest BCUT2D eigenvalue weighted by Gasteiger charge is -2.12. The van der Waals surface area contributed by atoms with Crippen molar-refractivity contribution in [2.45, 2.75) is 25.2 Å². The highest BCUT2D eigenvalue weighted by Gasteiger charge is 2.53. The number of methoxy groups -OCH3 is 1. The van der Waals surface area contributed by atoms with Gasteiger partial charge < -0.3 is 14.6 Å². The lowest BCUT2D eigenvalue weighted by molar-refractivity contribution is -0.118. The van der Waals surface area contributed by atoms with Gasteiger partial charge in [-0.1, -0.05) is 23.4 Å². The van der Waals surface area contributed by atoms with Crippen LogP contribution in [0.5, 0.6) is 5.75 Å². The van der Waals surface area contributed by atoms with Crippen LogP contribution in [-0.2, 0) is 10.2 Å². The number of benzene rings is 2. The van der Waals surface area contributed by atoms with E-state index in [2.05, 4.69) is 10.5 Å². The van der Waals surface area contributed by atoms with E-state index in [1.165, 1.54) is 6.07 Å². The van der Waals surface area contributed by atoms with Crippen LogP contribution in [0.3, 0.4) is 0 Å². The molecule has 1 aliphatic rings. The molecule has 6 heteroatoms. The first kappa shape index (κ1) is 17.3. The summed E-state index contributed by atoms with van der Waals surface area (Å²) in [5.41, 5.74) is 1.66. The summed E-state index contributed by atoms with van der Waals surface area (Å²) in [7, 11) is 1.60. The molecule has 1 aromatic heterocycles. The van der Waals surface area contributed by atoms with Crippen LogP contribution in [0.4, 0.5) is 10.1 Å². The Kier molecular flexibility index (Phi) is 4.18. The van der Waals surface area contributed by atoms with Crippen molar-refractivity contribution in [3.8, 4) is 17.1 Å². The molecule has 1 heterocycles. The summed E-state index contributed by atoms with van der Waals surface area (Å²) >= 11 is 0. The zero-order valence-corrected chi connectivity index (χ0v) is 15.1. The van der Waals surface area contributed by atoms with E-state index in [0.29, 0.717) is 41.3 Å². The molecule has 1 N–H and O–H groups in total. The third-order valence-electron chi connectivity index (χ3n) is 4.97. The van der Waals surface area contributed by atoms with Crippen LogP contribution in [-0.4, -0.2) is 18.2 Å². The summed E-state index contributed by atoms with van der Waals surface area (Å²) in [5, 5.41) is 6.92. The van der Waals surface area contributed by atoms with Crippen molar-refractivity contribution in [3.05, 3.63) is 65.6 Å². The Morgan fingerprint density at radius 2 is 2.04 bits per heavy atom. The number of anilines is 1. The number of nitrogens with one attached hydrogen (secondary N) is 1. The molecule has 0 saturated heterocycles. The van der Waals surface area contributed by atoms with E-state index in [9.17, 15) is 9.18 Å². The first-order valence-corrected chi connectivity index (χ1v) is 8.71. The standard InChI is InChI=1S/C21H19FN2O3/c1-13-6-7-15(11-17(13)22)23-20(25)21(8-9-21)19-12-18(27-24-19)14-4-3-5-16(10-14)26-2/h3-7,10-12H,8-9H2,1-2H3,(H,23,25). The van der Waals surface area contributed by atoms with Crippen molar-refractivity contribution in [3.63, 3.8) is 0 Å². The quantitative estimate of drug-likeness (QED) is 0.724. The lowest BCUT2D eigenvalue weighted by Crippen LogP contribution is -2.28. The number of rotatable bonds is 5. The second kappa shape index (κ2) is 6.54. The second-order valence-electron chi connectivity index (χ2n) is 6.81. The van der Waals surface area contributed by atoms with Gasteiger partial charge in [-0.25, -0.2) is 4.39 Å². The molecule has 0 unspecified atom stereocenters. The van der Waals surface area contributed by atoms with Gasteiger partial charge in [-0.3, -0.25) is 4.79 Å². The minimum atomic E-state index is -0.720. The van der Waals surface area contributed by atoms with Gasteiger partial charge in [-0.15, -0.1) is 0 Å². The highest BCUT2D eigenvalue weighted by Crippen LogP contribution is 2.49. The number of halogens is 1.